The van der Waals surface area contributed by atoms with E-state index in [-0.39, 0.29) is 6.10 Å². The van der Waals surface area contributed by atoms with Crippen molar-refractivity contribution in [2.75, 3.05) is 0 Å². The van der Waals surface area contributed by atoms with Gasteiger partial charge in [-0.25, -0.2) is 0 Å². The fraction of sp³-hybridized carbons (Fsp3) is 0.724. The summed E-state index contributed by atoms with van der Waals surface area (Å²) in [4.78, 5) is 0. The van der Waals surface area contributed by atoms with E-state index < -0.39 is 0 Å². The van der Waals surface area contributed by atoms with Gasteiger partial charge in [0, 0.05) is 0 Å². The van der Waals surface area contributed by atoms with Gasteiger partial charge in [0.05, 0.1) is 6.10 Å². The monoisotopic (exact) mass is 410 g/mol. The van der Waals surface area contributed by atoms with Crippen molar-refractivity contribution < 1.29 is 5.11 Å². The summed E-state index contributed by atoms with van der Waals surface area (Å²) in [7, 11) is 0. The predicted octanol–water partition coefficient (Wildman–Crippen LogP) is 8.03. The van der Waals surface area contributed by atoms with Crippen LogP contribution >= 0.6 is 0 Å². The largest absolute Gasteiger partial charge is 0.393 e. The van der Waals surface area contributed by atoms with E-state index in [4.69, 9.17) is 0 Å². The molecule has 0 aromatic heterocycles. The van der Waals surface area contributed by atoms with E-state index in [9.17, 15) is 5.11 Å². The molecule has 0 amide bonds. The lowest BCUT2D eigenvalue weighted by atomic mass is 9.61. The third-order valence-electron chi connectivity index (χ3n) is 8.85. The maximum atomic E-state index is 10.1. The van der Waals surface area contributed by atoms with Gasteiger partial charge in [0.25, 0.3) is 0 Å². The second kappa shape index (κ2) is 10.0. The summed E-state index contributed by atoms with van der Waals surface area (Å²) in [5, 5.41) is 10.1. The van der Waals surface area contributed by atoms with Crippen molar-refractivity contribution in [3.05, 3.63) is 47.6 Å². The predicted molar refractivity (Wildman–Crippen MR) is 130 cm³/mol. The highest BCUT2D eigenvalue weighted by molar-refractivity contribution is 5.36. The zero-order chi connectivity index (χ0) is 21.9. The van der Waals surface area contributed by atoms with Crippen LogP contribution in [0, 0.1) is 35.0 Å². The maximum absolute atomic E-state index is 10.1. The minimum absolute atomic E-state index is 0.182. The van der Waals surface area contributed by atoms with Gasteiger partial charge in [-0.15, -0.1) is 0 Å². The van der Waals surface area contributed by atoms with Gasteiger partial charge in [0.2, 0.25) is 0 Å². The third kappa shape index (κ3) is 5.04. The molecule has 168 valence electrons. The molecular weight excluding hydrogens is 364 g/mol. The average molecular weight is 411 g/mol. The van der Waals surface area contributed by atoms with E-state index in [1.54, 1.807) is 5.57 Å². The SMILES string of the molecule is C=C1CC[C@H](O)C/C1=C/C=C1\CCC[C@]2(C)[C@@H]([C@H](C)/C=C/[C@H](CC)C(C)C)CC[C@@H]12. The van der Waals surface area contributed by atoms with Crippen LogP contribution in [0.25, 0.3) is 0 Å². The summed E-state index contributed by atoms with van der Waals surface area (Å²) in [5.41, 5.74) is 4.61. The normalized spacial score (nSPS) is 37.3. The summed E-state index contributed by atoms with van der Waals surface area (Å²) in [5.74, 6) is 3.64. The van der Waals surface area contributed by atoms with E-state index in [1.165, 1.54) is 49.7 Å². The number of rotatable bonds is 6. The first-order chi connectivity index (χ1) is 14.3. The lowest BCUT2D eigenvalue weighted by Gasteiger charge is -2.44. The van der Waals surface area contributed by atoms with Crippen molar-refractivity contribution in [3.63, 3.8) is 0 Å². The zero-order valence-corrected chi connectivity index (χ0v) is 20.3. The Morgan fingerprint density at radius 2 is 1.87 bits per heavy atom. The Kier molecular flexibility index (Phi) is 7.88. The molecule has 0 radical (unpaired) electrons. The van der Waals surface area contributed by atoms with E-state index in [0.29, 0.717) is 17.3 Å². The molecule has 3 aliphatic rings. The van der Waals surface area contributed by atoms with Crippen molar-refractivity contribution in [2.45, 2.75) is 98.5 Å². The van der Waals surface area contributed by atoms with E-state index >= 15 is 0 Å². The first kappa shape index (κ1) is 23.6. The van der Waals surface area contributed by atoms with Gasteiger partial charge in [-0.3, -0.25) is 0 Å². The molecule has 0 spiro atoms. The van der Waals surface area contributed by atoms with Gasteiger partial charge in [-0.1, -0.05) is 76.6 Å². The Bertz CT molecular complexity index is 693. The Labute approximate surface area is 186 Å². The lowest BCUT2D eigenvalue weighted by molar-refractivity contribution is 0.112. The number of hydrogen-bond acceptors (Lipinski definition) is 1. The average Bonchev–Trinajstić information content (AvgIpc) is 3.06. The molecule has 30 heavy (non-hydrogen) atoms. The van der Waals surface area contributed by atoms with E-state index in [0.717, 1.165) is 37.0 Å². The first-order valence-corrected chi connectivity index (χ1v) is 12.7. The van der Waals surface area contributed by atoms with Crippen LogP contribution in [-0.4, -0.2) is 11.2 Å². The molecule has 0 saturated heterocycles. The van der Waals surface area contributed by atoms with Crippen molar-refractivity contribution in [3.8, 4) is 0 Å². The zero-order valence-electron chi connectivity index (χ0n) is 20.3. The second-order valence-corrected chi connectivity index (χ2v) is 11.1. The molecular formula is C29H46O. The molecule has 0 aliphatic heterocycles. The number of allylic oxidation sites excluding steroid dienone is 6. The van der Waals surface area contributed by atoms with Crippen molar-refractivity contribution >= 4 is 0 Å². The fourth-order valence-corrected chi connectivity index (χ4v) is 6.82. The van der Waals surface area contributed by atoms with Crippen LogP contribution in [0.15, 0.2) is 47.6 Å². The highest BCUT2D eigenvalue weighted by atomic mass is 16.3. The van der Waals surface area contributed by atoms with Gasteiger partial charge >= 0.3 is 0 Å². The Morgan fingerprint density at radius 1 is 1.10 bits per heavy atom. The van der Waals surface area contributed by atoms with Crippen LogP contribution in [0.4, 0.5) is 0 Å². The topological polar surface area (TPSA) is 20.2 Å². The van der Waals surface area contributed by atoms with Gasteiger partial charge in [0.15, 0.2) is 0 Å². The molecule has 0 aromatic rings. The number of fused-ring (bicyclic) bond motifs is 1. The molecule has 3 rings (SSSR count). The van der Waals surface area contributed by atoms with Crippen molar-refractivity contribution in [1.82, 2.24) is 0 Å². The Balaban J connectivity index is 1.75. The summed E-state index contributed by atoms with van der Waals surface area (Å²) in [6.45, 7) is 16.3. The molecule has 3 fully saturated rings. The van der Waals surface area contributed by atoms with Crippen LogP contribution in [-0.2, 0) is 0 Å². The quantitative estimate of drug-likeness (QED) is 0.439. The smallest absolute Gasteiger partial charge is 0.0583 e. The summed E-state index contributed by atoms with van der Waals surface area (Å²) in [6, 6.07) is 0. The maximum Gasteiger partial charge on any atom is 0.0583 e. The summed E-state index contributed by atoms with van der Waals surface area (Å²) in [6.07, 6.45) is 20.1. The molecule has 1 N–H and O–H groups in total. The van der Waals surface area contributed by atoms with Gasteiger partial charge in [0.1, 0.15) is 0 Å². The van der Waals surface area contributed by atoms with Gasteiger partial charge < -0.3 is 5.11 Å². The van der Waals surface area contributed by atoms with Gasteiger partial charge in [-0.05, 0) is 98.4 Å². The van der Waals surface area contributed by atoms with E-state index in [2.05, 4.69) is 65.5 Å². The molecule has 3 aliphatic carbocycles. The number of aliphatic hydroxyl groups is 1. The fourth-order valence-electron chi connectivity index (χ4n) is 6.82. The molecule has 0 bridgehead atoms. The minimum Gasteiger partial charge on any atom is -0.393 e. The third-order valence-corrected chi connectivity index (χ3v) is 8.85. The molecule has 0 heterocycles. The van der Waals surface area contributed by atoms with Gasteiger partial charge in [-0.2, -0.15) is 0 Å². The van der Waals surface area contributed by atoms with Crippen LogP contribution in [0.3, 0.4) is 0 Å². The second-order valence-electron chi connectivity index (χ2n) is 11.1. The number of hydrogen-bond donors (Lipinski definition) is 1. The molecule has 0 aromatic carbocycles. The molecule has 3 saturated carbocycles. The summed E-state index contributed by atoms with van der Waals surface area (Å²) >= 11 is 0. The molecule has 1 heteroatoms. The lowest BCUT2D eigenvalue weighted by Crippen LogP contribution is -2.35. The molecule has 1 nitrogen and oxygen atoms in total. The van der Waals surface area contributed by atoms with E-state index in [1.807, 2.05) is 0 Å². The Morgan fingerprint density at radius 3 is 2.57 bits per heavy atom. The standard InChI is InChI=1S/C29H46O/c1-7-23(20(2)3)12-10-22(5)27-16-17-28-24(9-8-18-29(27,28)6)13-14-25-19-26(30)15-11-21(25)4/h10,12-14,20,22-23,26-28,30H,4,7-9,11,15-19H2,1-3,5-6H3/b12-10+,24-13+,25-14-/t22-,23+,26+,27-,28+,29-/m1/s1. The highest BCUT2D eigenvalue weighted by Crippen LogP contribution is 2.59. The minimum atomic E-state index is -0.182. The number of aliphatic hydroxyl groups excluding tert-OH is 1. The van der Waals surface area contributed by atoms with Crippen LogP contribution in [0.2, 0.25) is 0 Å². The first-order valence-electron chi connectivity index (χ1n) is 12.7. The Hall–Kier alpha value is -1.08. The van der Waals surface area contributed by atoms with Crippen molar-refractivity contribution in [1.29, 1.82) is 0 Å². The molecule has 0 unspecified atom stereocenters. The van der Waals surface area contributed by atoms with Crippen molar-refractivity contribution in [2.24, 2.45) is 35.0 Å². The molecule has 6 atom stereocenters. The highest BCUT2D eigenvalue weighted by Gasteiger charge is 2.50. The van der Waals surface area contributed by atoms with Crippen LogP contribution < -0.4 is 0 Å². The van der Waals surface area contributed by atoms with Crippen LogP contribution in [0.1, 0.15) is 92.4 Å². The van der Waals surface area contributed by atoms with Crippen LogP contribution in [0.5, 0.6) is 0 Å². The summed E-state index contributed by atoms with van der Waals surface area (Å²) < 4.78 is 0.